The molecule has 96 valence electrons. The van der Waals surface area contributed by atoms with Crippen molar-refractivity contribution in [2.24, 2.45) is 5.73 Å². The van der Waals surface area contributed by atoms with Crippen LogP contribution in [-0.4, -0.2) is 11.5 Å². The third-order valence-corrected chi connectivity index (χ3v) is 3.04. The van der Waals surface area contributed by atoms with Crippen molar-refractivity contribution < 1.29 is 4.42 Å². The highest BCUT2D eigenvalue weighted by Gasteiger charge is 2.15. The summed E-state index contributed by atoms with van der Waals surface area (Å²) in [6.45, 7) is 7.19. The second kappa shape index (κ2) is 4.94. The van der Waals surface area contributed by atoms with E-state index in [0.717, 1.165) is 23.4 Å². The normalized spacial score (nSPS) is 11.8. The van der Waals surface area contributed by atoms with E-state index in [2.05, 4.69) is 50.0 Å². The van der Waals surface area contributed by atoms with Crippen LogP contribution in [0.15, 0.2) is 35.1 Å². The first-order valence-corrected chi connectivity index (χ1v) is 6.25. The van der Waals surface area contributed by atoms with Crippen molar-refractivity contribution in [2.75, 3.05) is 6.54 Å². The lowest BCUT2D eigenvalue weighted by Gasteiger charge is -2.19. The molecule has 0 atom stereocenters. The van der Waals surface area contributed by atoms with Crippen LogP contribution in [0.4, 0.5) is 0 Å². The Hall–Kier alpha value is -1.61. The summed E-state index contributed by atoms with van der Waals surface area (Å²) >= 11 is 0. The Kier molecular flexibility index (Phi) is 3.53. The molecule has 0 saturated carbocycles. The number of hydrogen-bond acceptors (Lipinski definition) is 3. The zero-order valence-corrected chi connectivity index (χ0v) is 11.2. The quantitative estimate of drug-likeness (QED) is 0.902. The maximum absolute atomic E-state index is 5.56. The molecule has 0 saturated heterocycles. The van der Waals surface area contributed by atoms with Crippen molar-refractivity contribution in [1.29, 1.82) is 0 Å². The molecule has 0 fully saturated rings. The van der Waals surface area contributed by atoms with Crippen molar-refractivity contribution in [2.45, 2.75) is 32.6 Å². The number of benzene rings is 1. The van der Waals surface area contributed by atoms with Crippen LogP contribution in [0.2, 0.25) is 0 Å². The van der Waals surface area contributed by atoms with Gasteiger partial charge in [0.1, 0.15) is 11.5 Å². The van der Waals surface area contributed by atoms with Gasteiger partial charge in [0.25, 0.3) is 0 Å². The fourth-order valence-corrected chi connectivity index (χ4v) is 1.94. The zero-order valence-electron chi connectivity index (χ0n) is 11.2. The van der Waals surface area contributed by atoms with E-state index in [1.54, 1.807) is 0 Å². The number of oxazole rings is 1. The minimum atomic E-state index is 0.169. The van der Waals surface area contributed by atoms with E-state index in [1.165, 1.54) is 12.0 Å². The maximum Gasteiger partial charge on any atom is 0.181 e. The van der Waals surface area contributed by atoms with Gasteiger partial charge in [0.2, 0.25) is 0 Å². The lowest BCUT2D eigenvalue weighted by molar-refractivity contribution is 0.506. The van der Waals surface area contributed by atoms with E-state index < -0.39 is 0 Å². The molecule has 0 amide bonds. The lowest BCUT2D eigenvalue weighted by atomic mass is 9.86. The molecule has 1 aromatic heterocycles. The van der Waals surface area contributed by atoms with Gasteiger partial charge >= 0.3 is 0 Å². The first-order chi connectivity index (χ1) is 8.52. The minimum absolute atomic E-state index is 0.169. The van der Waals surface area contributed by atoms with E-state index in [-0.39, 0.29) is 5.41 Å². The van der Waals surface area contributed by atoms with Gasteiger partial charge < -0.3 is 10.2 Å². The fourth-order valence-electron chi connectivity index (χ4n) is 1.94. The first-order valence-electron chi connectivity index (χ1n) is 6.25. The van der Waals surface area contributed by atoms with Crippen molar-refractivity contribution in [1.82, 2.24) is 4.98 Å². The summed E-state index contributed by atoms with van der Waals surface area (Å²) in [6, 6.07) is 8.49. The van der Waals surface area contributed by atoms with Crippen molar-refractivity contribution in [3.05, 3.63) is 42.0 Å². The largest absolute Gasteiger partial charge is 0.448 e. The molecule has 3 nitrogen and oxygen atoms in total. The minimum Gasteiger partial charge on any atom is -0.448 e. The van der Waals surface area contributed by atoms with Gasteiger partial charge in [-0.3, -0.25) is 0 Å². The summed E-state index contributed by atoms with van der Waals surface area (Å²) in [6.07, 6.45) is 2.20. The van der Waals surface area contributed by atoms with Gasteiger partial charge in [-0.05, 0) is 17.5 Å². The average Bonchev–Trinajstić information content (AvgIpc) is 2.77. The molecular weight excluding hydrogens is 224 g/mol. The Morgan fingerprint density at radius 3 is 2.39 bits per heavy atom. The summed E-state index contributed by atoms with van der Waals surface area (Å²) in [4.78, 5) is 4.27. The molecule has 0 aliphatic carbocycles. The van der Waals surface area contributed by atoms with Gasteiger partial charge in [-0.1, -0.05) is 45.0 Å². The first kappa shape index (κ1) is 12.8. The molecule has 0 aliphatic rings. The predicted octanol–water partition coefficient (Wildman–Crippen LogP) is 3.14. The Morgan fingerprint density at radius 2 is 1.83 bits per heavy atom. The Bertz CT molecular complexity index is 506. The third-order valence-electron chi connectivity index (χ3n) is 3.04. The fraction of sp³-hybridized carbons (Fsp3) is 0.400. The molecule has 2 aromatic rings. The van der Waals surface area contributed by atoms with Gasteiger partial charge in [-0.15, -0.1) is 0 Å². The number of nitrogens with two attached hydrogens (primary N) is 1. The van der Waals surface area contributed by atoms with Crippen LogP contribution in [-0.2, 0) is 11.8 Å². The number of hydrogen-bond donors (Lipinski definition) is 1. The van der Waals surface area contributed by atoms with Crippen LogP contribution < -0.4 is 5.73 Å². The van der Waals surface area contributed by atoms with E-state index in [4.69, 9.17) is 10.2 Å². The SMILES string of the molecule is CC(C)(C)c1ccc(-c2ncoc2CCN)cc1. The zero-order chi connectivity index (χ0) is 13.2. The summed E-state index contributed by atoms with van der Waals surface area (Å²) < 4.78 is 5.37. The lowest BCUT2D eigenvalue weighted by Crippen LogP contribution is -2.10. The topological polar surface area (TPSA) is 52.0 Å². The van der Waals surface area contributed by atoms with Gasteiger partial charge in [-0.2, -0.15) is 0 Å². The van der Waals surface area contributed by atoms with Crippen molar-refractivity contribution in [3.63, 3.8) is 0 Å². The highest BCUT2D eigenvalue weighted by Crippen LogP contribution is 2.27. The van der Waals surface area contributed by atoms with Crippen LogP contribution in [0.5, 0.6) is 0 Å². The van der Waals surface area contributed by atoms with Crippen molar-refractivity contribution >= 4 is 0 Å². The highest BCUT2D eigenvalue weighted by molar-refractivity contribution is 5.61. The summed E-state index contributed by atoms with van der Waals surface area (Å²) in [7, 11) is 0. The van der Waals surface area contributed by atoms with Gasteiger partial charge in [0.05, 0.1) is 0 Å². The van der Waals surface area contributed by atoms with Gasteiger partial charge in [0, 0.05) is 12.0 Å². The molecule has 0 unspecified atom stereocenters. The van der Waals surface area contributed by atoms with Gasteiger partial charge in [-0.25, -0.2) is 4.98 Å². The molecule has 2 rings (SSSR count). The van der Waals surface area contributed by atoms with E-state index in [1.807, 2.05) is 0 Å². The third kappa shape index (κ3) is 2.62. The van der Waals surface area contributed by atoms with Crippen molar-refractivity contribution in [3.8, 4) is 11.3 Å². The second-order valence-corrected chi connectivity index (χ2v) is 5.49. The van der Waals surface area contributed by atoms with E-state index in [0.29, 0.717) is 6.54 Å². The standard InChI is InChI=1S/C15H20N2O/c1-15(2,3)12-6-4-11(5-7-12)14-13(8-9-16)18-10-17-14/h4-7,10H,8-9,16H2,1-3H3. The van der Waals surface area contributed by atoms with Gasteiger partial charge in [0.15, 0.2) is 6.39 Å². The molecule has 0 spiro atoms. The Labute approximate surface area is 108 Å². The molecule has 2 N–H and O–H groups in total. The monoisotopic (exact) mass is 244 g/mol. The van der Waals surface area contributed by atoms with Crippen LogP contribution >= 0.6 is 0 Å². The average molecular weight is 244 g/mol. The Balaban J connectivity index is 2.32. The summed E-state index contributed by atoms with van der Waals surface area (Å²) in [5, 5.41) is 0. The van der Waals surface area contributed by atoms with E-state index in [9.17, 15) is 0 Å². The molecule has 0 aliphatic heterocycles. The van der Waals surface area contributed by atoms with Crippen LogP contribution in [0, 0.1) is 0 Å². The Morgan fingerprint density at radius 1 is 1.17 bits per heavy atom. The highest BCUT2D eigenvalue weighted by atomic mass is 16.3. The molecule has 0 bridgehead atoms. The molecule has 0 radical (unpaired) electrons. The number of nitrogens with zero attached hydrogens (tertiary/aromatic N) is 1. The molecule has 1 aromatic carbocycles. The smallest absolute Gasteiger partial charge is 0.181 e. The second-order valence-electron chi connectivity index (χ2n) is 5.49. The summed E-state index contributed by atoms with van der Waals surface area (Å²) in [5.41, 5.74) is 9.03. The number of aromatic nitrogens is 1. The van der Waals surface area contributed by atoms with Crippen LogP contribution in [0.25, 0.3) is 11.3 Å². The van der Waals surface area contributed by atoms with E-state index >= 15 is 0 Å². The predicted molar refractivity (Wildman–Crippen MR) is 73.4 cm³/mol. The number of rotatable bonds is 3. The molecular formula is C15H20N2O. The summed E-state index contributed by atoms with van der Waals surface area (Å²) in [5.74, 6) is 0.862. The van der Waals surface area contributed by atoms with Crippen LogP contribution in [0.1, 0.15) is 32.1 Å². The molecule has 1 heterocycles. The molecule has 18 heavy (non-hydrogen) atoms. The van der Waals surface area contributed by atoms with Crippen LogP contribution in [0.3, 0.4) is 0 Å². The maximum atomic E-state index is 5.56. The molecule has 3 heteroatoms.